The van der Waals surface area contributed by atoms with Crippen LogP contribution in [0.1, 0.15) is 19.2 Å². The molecule has 148 valence electrons. The fourth-order valence-electron chi connectivity index (χ4n) is 2.66. The number of hydrogen-bond acceptors (Lipinski definition) is 6. The van der Waals surface area contributed by atoms with Crippen molar-refractivity contribution in [2.75, 3.05) is 25.0 Å². The van der Waals surface area contributed by atoms with Gasteiger partial charge in [0, 0.05) is 6.42 Å². The summed E-state index contributed by atoms with van der Waals surface area (Å²) in [5, 5.41) is 9.61. The Morgan fingerprint density at radius 1 is 1.25 bits per heavy atom. The molecule has 0 spiro atoms. The fourth-order valence-corrected chi connectivity index (χ4v) is 3.81. The molecule has 0 unspecified atom stereocenters. The van der Waals surface area contributed by atoms with Crippen molar-refractivity contribution in [3.63, 3.8) is 0 Å². The van der Waals surface area contributed by atoms with Gasteiger partial charge in [-0.3, -0.25) is 9.69 Å². The third-order valence-corrected chi connectivity index (χ3v) is 5.61. The number of aromatic nitrogens is 2. The van der Waals surface area contributed by atoms with E-state index in [2.05, 4.69) is 15.5 Å². The number of aryl methyl sites for hydroxylation is 1. The molecule has 1 amide bonds. The maximum absolute atomic E-state index is 12.3. The topological polar surface area (TPSA) is 71.3 Å². The number of hydrogen-bond donors (Lipinski definition) is 1. The van der Waals surface area contributed by atoms with Gasteiger partial charge < -0.3 is 9.84 Å². The molecule has 0 saturated carbocycles. The van der Waals surface area contributed by atoms with E-state index in [1.807, 2.05) is 29.3 Å². The van der Waals surface area contributed by atoms with E-state index in [9.17, 15) is 4.79 Å². The smallest absolute Gasteiger partial charge is 0.238 e. The van der Waals surface area contributed by atoms with Crippen LogP contribution in [0.3, 0.4) is 0 Å². The first-order chi connectivity index (χ1) is 13.6. The van der Waals surface area contributed by atoms with Crippen LogP contribution in [0, 0.1) is 0 Å². The monoisotopic (exact) mass is 438 g/mol. The zero-order valence-electron chi connectivity index (χ0n) is 15.3. The lowest BCUT2D eigenvalue weighted by Gasteiger charge is -2.19. The van der Waals surface area contributed by atoms with E-state index in [1.54, 1.807) is 29.5 Å². The first kappa shape index (κ1) is 20.8. The average Bonchev–Trinajstić information content (AvgIpc) is 3.35. The van der Waals surface area contributed by atoms with E-state index in [0.29, 0.717) is 33.9 Å². The van der Waals surface area contributed by atoms with Crippen molar-refractivity contribution >= 4 is 46.1 Å². The van der Waals surface area contributed by atoms with Crippen LogP contribution in [0.2, 0.25) is 10.0 Å². The molecule has 3 rings (SSSR count). The molecule has 0 fully saturated rings. The van der Waals surface area contributed by atoms with Crippen molar-refractivity contribution in [2.45, 2.75) is 19.8 Å². The lowest BCUT2D eigenvalue weighted by molar-refractivity contribution is -0.117. The number of nitrogens with one attached hydrogen (secondary N) is 1. The summed E-state index contributed by atoms with van der Waals surface area (Å²) < 4.78 is 5.31. The molecule has 1 N–H and O–H groups in total. The highest BCUT2D eigenvalue weighted by Crippen LogP contribution is 2.29. The van der Waals surface area contributed by atoms with E-state index in [4.69, 9.17) is 27.7 Å². The number of thiophene rings is 1. The van der Waals surface area contributed by atoms with Crippen LogP contribution in [-0.2, 0) is 11.2 Å². The minimum Gasteiger partial charge on any atom is -0.339 e. The number of nitrogens with zero attached hydrogens (tertiary/aromatic N) is 3. The maximum Gasteiger partial charge on any atom is 0.238 e. The average molecular weight is 439 g/mol. The highest BCUT2D eigenvalue weighted by Gasteiger charge is 2.14. The number of amides is 1. The second-order valence-corrected chi connectivity index (χ2v) is 7.87. The Bertz CT molecular complexity index is 894. The van der Waals surface area contributed by atoms with Crippen molar-refractivity contribution in [2.24, 2.45) is 0 Å². The van der Waals surface area contributed by atoms with Crippen LogP contribution in [-0.4, -0.2) is 40.6 Å². The molecule has 0 bridgehead atoms. The molecule has 28 heavy (non-hydrogen) atoms. The molecule has 6 nitrogen and oxygen atoms in total. The van der Waals surface area contributed by atoms with E-state index in [1.165, 1.54) is 0 Å². The molecule has 0 saturated heterocycles. The molecule has 1 aromatic carbocycles. The number of carbonyl (C=O) groups is 1. The van der Waals surface area contributed by atoms with Crippen LogP contribution in [0.4, 0.5) is 5.69 Å². The minimum atomic E-state index is -0.158. The van der Waals surface area contributed by atoms with Gasteiger partial charge in [0.2, 0.25) is 17.6 Å². The number of para-hydroxylation sites is 1. The highest BCUT2D eigenvalue weighted by atomic mass is 35.5. The molecular formula is C19H20Cl2N4O2S. The summed E-state index contributed by atoms with van der Waals surface area (Å²) in [6.07, 6.45) is 1.47. The largest absolute Gasteiger partial charge is 0.339 e. The zero-order chi connectivity index (χ0) is 19.9. The summed E-state index contributed by atoms with van der Waals surface area (Å²) in [7, 11) is 0. The van der Waals surface area contributed by atoms with Gasteiger partial charge in [-0.05, 0) is 43.1 Å². The summed E-state index contributed by atoms with van der Waals surface area (Å²) >= 11 is 13.8. The Hall–Kier alpha value is -1.93. The standard InChI is InChI=1S/C19H20Cl2N4O2S/c1-2-25(12-16(26)22-18-13(20)6-3-7-14(18)21)10-4-9-17-23-19(24-27-17)15-8-5-11-28-15/h3,5-8,11H,2,4,9-10,12H2,1H3,(H,22,26). The molecule has 3 aromatic rings. The number of benzene rings is 1. The molecular weight excluding hydrogens is 419 g/mol. The van der Waals surface area contributed by atoms with Gasteiger partial charge in [-0.1, -0.05) is 47.4 Å². The van der Waals surface area contributed by atoms with Crippen LogP contribution in [0.15, 0.2) is 40.2 Å². The maximum atomic E-state index is 12.3. The number of likely N-dealkylation sites (N-methyl/N-ethyl adjacent to an activating group) is 1. The summed E-state index contributed by atoms with van der Waals surface area (Å²) in [6.45, 7) is 3.74. The highest BCUT2D eigenvalue weighted by molar-refractivity contribution is 7.13. The van der Waals surface area contributed by atoms with Gasteiger partial charge in [0.1, 0.15) is 0 Å². The Labute approximate surface area is 177 Å². The van der Waals surface area contributed by atoms with Crippen molar-refractivity contribution < 1.29 is 9.32 Å². The van der Waals surface area contributed by atoms with E-state index in [0.717, 1.165) is 24.4 Å². The lowest BCUT2D eigenvalue weighted by atomic mass is 10.2. The molecule has 9 heteroatoms. The Balaban J connectivity index is 1.47. The molecule has 2 heterocycles. The molecule has 2 aromatic heterocycles. The van der Waals surface area contributed by atoms with Crippen LogP contribution in [0.5, 0.6) is 0 Å². The van der Waals surface area contributed by atoms with Crippen molar-refractivity contribution in [3.05, 3.63) is 51.6 Å². The summed E-state index contributed by atoms with van der Waals surface area (Å²) in [5.41, 5.74) is 0.443. The first-order valence-corrected chi connectivity index (χ1v) is 10.5. The Morgan fingerprint density at radius 3 is 2.71 bits per heavy atom. The van der Waals surface area contributed by atoms with Crippen molar-refractivity contribution in [1.29, 1.82) is 0 Å². The Kier molecular flexibility index (Phi) is 7.44. The minimum absolute atomic E-state index is 0.158. The third kappa shape index (κ3) is 5.54. The first-order valence-electron chi connectivity index (χ1n) is 8.89. The van der Waals surface area contributed by atoms with Gasteiger partial charge in [-0.25, -0.2) is 0 Å². The van der Waals surface area contributed by atoms with Gasteiger partial charge in [0.05, 0.1) is 27.2 Å². The van der Waals surface area contributed by atoms with Crippen molar-refractivity contribution in [1.82, 2.24) is 15.0 Å². The van der Waals surface area contributed by atoms with E-state index in [-0.39, 0.29) is 12.5 Å². The van der Waals surface area contributed by atoms with Crippen LogP contribution < -0.4 is 5.32 Å². The number of rotatable bonds is 9. The molecule has 0 aliphatic heterocycles. The SMILES string of the molecule is CCN(CCCc1nc(-c2cccs2)no1)CC(=O)Nc1c(Cl)cccc1Cl. The summed E-state index contributed by atoms with van der Waals surface area (Å²) in [6, 6.07) is 9.03. The van der Waals surface area contributed by atoms with Gasteiger partial charge in [0.15, 0.2) is 0 Å². The van der Waals surface area contributed by atoms with E-state index < -0.39 is 0 Å². The van der Waals surface area contributed by atoms with Gasteiger partial charge in [-0.15, -0.1) is 11.3 Å². The second-order valence-electron chi connectivity index (χ2n) is 6.11. The predicted molar refractivity (Wildman–Crippen MR) is 113 cm³/mol. The second kappa shape index (κ2) is 10.0. The number of halogens is 2. The lowest BCUT2D eigenvalue weighted by Crippen LogP contribution is -2.34. The molecule has 0 aliphatic carbocycles. The normalized spacial score (nSPS) is 11.1. The summed E-state index contributed by atoms with van der Waals surface area (Å²) in [5.74, 6) is 1.06. The zero-order valence-corrected chi connectivity index (χ0v) is 17.7. The fraction of sp³-hybridized carbons (Fsp3) is 0.316. The third-order valence-electron chi connectivity index (χ3n) is 4.12. The predicted octanol–water partition coefficient (Wildman–Crippen LogP) is 5.00. The summed E-state index contributed by atoms with van der Waals surface area (Å²) in [4.78, 5) is 19.8. The molecule has 0 atom stereocenters. The van der Waals surface area contributed by atoms with Crippen LogP contribution in [0.25, 0.3) is 10.7 Å². The quantitative estimate of drug-likeness (QED) is 0.508. The number of carbonyl (C=O) groups excluding carboxylic acids is 1. The Morgan fingerprint density at radius 2 is 2.04 bits per heavy atom. The van der Waals surface area contributed by atoms with Crippen LogP contribution >= 0.6 is 34.5 Å². The molecule has 0 aliphatic rings. The molecule has 0 radical (unpaired) electrons. The van der Waals surface area contributed by atoms with Crippen molar-refractivity contribution in [3.8, 4) is 10.7 Å². The van der Waals surface area contributed by atoms with E-state index >= 15 is 0 Å². The van der Waals surface area contributed by atoms with Gasteiger partial charge >= 0.3 is 0 Å². The number of anilines is 1. The van der Waals surface area contributed by atoms with Gasteiger partial charge in [0.25, 0.3) is 0 Å². The van der Waals surface area contributed by atoms with Gasteiger partial charge in [-0.2, -0.15) is 4.98 Å².